The molecular formula is C12H15ClFNO3. The highest BCUT2D eigenvalue weighted by atomic mass is 35.5. The second kappa shape index (κ2) is 5.71. The minimum Gasteiger partial charge on any atom is -0.464 e. The van der Waals surface area contributed by atoms with E-state index in [-0.39, 0.29) is 0 Å². The molecule has 0 spiro atoms. The molecule has 0 aromatic carbocycles. The number of amides is 1. The number of carbonyl (C=O) groups is 1. The fraction of sp³-hybridized carbons (Fsp3) is 0.583. The summed E-state index contributed by atoms with van der Waals surface area (Å²) in [4.78, 5) is 13.1. The Morgan fingerprint density at radius 3 is 3.06 bits per heavy atom. The first-order chi connectivity index (χ1) is 8.63. The minimum atomic E-state index is -2.02. The topological polar surface area (TPSA) is 42.7 Å². The van der Waals surface area contributed by atoms with Crippen LogP contribution in [0.2, 0.25) is 0 Å². The first kappa shape index (κ1) is 13.4. The lowest BCUT2D eigenvalue weighted by molar-refractivity contribution is -0.143. The minimum absolute atomic E-state index is 0.298. The number of aryl methyl sites for hydroxylation is 1. The molecule has 1 aliphatic rings. The van der Waals surface area contributed by atoms with Gasteiger partial charge in [-0.3, -0.25) is 4.79 Å². The van der Waals surface area contributed by atoms with E-state index in [0.29, 0.717) is 25.5 Å². The fourth-order valence-electron chi connectivity index (χ4n) is 1.99. The quantitative estimate of drug-likeness (QED) is 0.795. The van der Waals surface area contributed by atoms with Crippen LogP contribution >= 0.6 is 11.6 Å². The number of hydrogen-bond donors (Lipinski definition) is 0. The Labute approximate surface area is 110 Å². The molecule has 1 aromatic rings. The summed E-state index contributed by atoms with van der Waals surface area (Å²) >= 11 is 5.22. The van der Waals surface area contributed by atoms with Crippen LogP contribution in [0.3, 0.4) is 0 Å². The van der Waals surface area contributed by atoms with Gasteiger partial charge in [0.25, 0.3) is 11.5 Å². The molecule has 0 N–H and O–H groups in total. The van der Waals surface area contributed by atoms with Crippen molar-refractivity contribution in [2.45, 2.75) is 25.0 Å². The molecule has 1 fully saturated rings. The third-order valence-corrected chi connectivity index (χ3v) is 3.14. The lowest BCUT2D eigenvalue weighted by Gasteiger charge is -2.34. The van der Waals surface area contributed by atoms with Crippen molar-refractivity contribution in [1.82, 2.24) is 4.90 Å². The van der Waals surface area contributed by atoms with Crippen LogP contribution < -0.4 is 0 Å². The number of morpholine rings is 1. The number of carbonyl (C=O) groups excluding carboxylic acids is 1. The summed E-state index contributed by atoms with van der Waals surface area (Å²) < 4.78 is 23.9. The Hall–Kier alpha value is -1.07. The molecule has 2 heterocycles. The van der Waals surface area contributed by atoms with Gasteiger partial charge in [0.15, 0.2) is 0 Å². The van der Waals surface area contributed by atoms with Crippen LogP contribution in [-0.4, -0.2) is 36.2 Å². The summed E-state index contributed by atoms with van der Waals surface area (Å²) in [7, 11) is 0. The largest absolute Gasteiger partial charge is 0.464 e. The van der Waals surface area contributed by atoms with Crippen LogP contribution in [0.15, 0.2) is 16.5 Å². The van der Waals surface area contributed by atoms with Crippen molar-refractivity contribution in [1.29, 1.82) is 0 Å². The summed E-state index contributed by atoms with van der Waals surface area (Å²) in [5, 5.41) is 0. The predicted molar refractivity (Wildman–Crippen MR) is 64.1 cm³/mol. The highest BCUT2D eigenvalue weighted by Crippen LogP contribution is 2.27. The second-order valence-electron chi connectivity index (χ2n) is 4.08. The van der Waals surface area contributed by atoms with Crippen molar-refractivity contribution in [2.75, 3.05) is 19.8 Å². The maximum atomic E-state index is 12.9. The van der Waals surface area contributed by atoms with E-state index in [0.717, 1.165) is 12.2 Å². The van der Waals surface area contributed by atoms with Gasteiger partial charge >= 0.3 is 0 Å². The molecule has 18 heavy (non-hydrogen) atoms. The predicted octanol–water partition coefficient (Wildman–Crippen LogP) is 2.28. The lowest BCUT2D eigenvalue weighted by Crippen LogP contribution is -2.45. The number of hydrogen-bond acceptors (Lipinski definition) is 3. The second-order valence-corrected chi connectivity index (χ2v) is 4.46. The lowest BCUT2D eigenvalue weighted by atomic mass is 10.1. The van der Waals surface area contributed by atoms with E-state index in [2.05, 4.69) is 0 Å². The molecule has 1 aliphatic heterocycles. The van der Waals surface area contributed by atoms with Gasteiger partial charge in [-0.15, -0.1) is 0 Å². The molecule has 100 valence electrons. The molecule has 1 saturated heterocycles. The van der Waals surface area contributed by atoms with E-state index in [1.54, 1.807) is 6.07 Å². The Bertz CT molecular complexity index is 421. The van der Waals surface area contributed by atoms with Crippen LogP contribution in [0.25, 0.3) is 0 Å². The molecule has 0 radical (unpaired) electrons. The van der Waals surface area contributed by atoms with E-state index in [1.165, 1.54) is 4.90 Å². The number of alkyl halides is 2. The van der Waals surface area contributed by atoms with Gasteiger partial charge in [0.2, 0.25) is 0 Å². The van der Waals surface area contributed by atoms with Crippen LogP contribution in [-0.2, 0) is 16.0 Å². The smallest absolute Gasteiger partial charge is 0.273 e. The van der Waals surface area contributed by atoms with Gasteiger partial charge < -0.3 is 14.1 Å². The normalized spacial score (nSPS) is 21.9. The zero-order chi connectivity index (χ0) is 13.1. The molecular weight excluding hydrogens is 261 g/mol. The van der Waals surface area contributed by atoms with Crippen molar-refractivity contribution >= 4 is 17.5 Å². The van der Waals surface area contributed by atoms with Crippen LogP contribution in [0.1, 0.15) is 24.5 Å². The van der Waals surface area contributed by atoms with Gasteiger partial charge in [-0.05, 0) is 12.1 Å². The van der Waals surface area contributed by atoms with Crippen molar-refractivity contribution in [3.63, 3.8) is 0 Å². The fourth-order valence-corrected chi connectivity index (χ4v) is 2.12. The van der Waals surface area contributed by atoms with Gasteiger partial charge in [-0.25, -0.2) is 4.39 Å². The van der Waals surface area contributed by atoms with Crippen molar-refractivity contribution in [2.24, 2.45) is 0 Å². The van der Waals surface area contributed by atoms with Gasteiger partial charge in [-0.2, -0.15) is 0 Å². The van der Waals surface area contributed by atoms with E-state index >= 15 is 0 Å². The average Bonchev–Trinajstić information content (AvgIpc) is 2.86. The highest BCUT2D eigenvalue weighted by Gasteiger charge is 2.33. The Morgan fingerprint density at radius 1 is 1.67 bits per heavy atom. The maximum Gasteiger partial charge on any atom is 0.273 e. The molecule has 2 unspecified atom stereocenters. The van der Waals surface area contributed by atoms with E-state index in [4.69, 9.17) is 20.8 Å². The third kappa shape index (κ3) is 2.67. The SMILES string of the molecule is CCc1ccc(C2COCCN2C(=O)C(F)Cl)o1. The Kier molecular flexibility index (Phi) is 4.24. The average molecular weight is 276 g/mol. The first-order valence-electron chi connectivity index (χ1n) is 5.88. The van der Waals surface area contributed by atoms with Crippen molar-refractivity contribution in [3.05, 3.63) is 23.7 Å². The van der Waals surface area contributed by atoms with Gasteiger partial charge in [-0.1, -0.05) is 18.5 Å². The standard InChI is InChI=1S/C12H15ClFNO3/c1-2-8-3-4-10(18-8)9-7-17-6-5-15(9)12(16)11(13)14/h3-4,9,11H,2,5-7H2,1H3. The van der Waals surface area contributed by atoms with E-state index in [9.17, 15) is 9.18 Å². The molecule has 1 amide bonds. The molecule has 1 aromatic heterocycles. The van der Waals surface area contributed by atoms with E-state index < -0.39 is 17.6 Å². The van der Waals surface area contributed by atoms with Gasteiger partial charge in [0.1, 0.15) is 17.6 Å². The molecule has 6 heteroatoms. The summed E-state index contributed by atoms with van der Waals surface area (Å²) in [6, 6.07) is 3.24. The zero-order valence-corrected chi connectivity index (χ0v) is 10.8. The van der Waals surface area contributed by atoms with E-state index in [1.807, 2.05) is 13.0 Å². The number of halogens is 2. The van der Waals surface area contributed by atoms with Crippen molar-refractivity contribution in [3.8, 4) is 0 Å². The van der Waals surface area contributed by atoms with Crippen molar-refractivity contribution < 1.29 is 18.3 Å². The summed E-state index contributed by atoms with van der Waals surface area (Å²) in [5.41, 5.74) is -2.02. The molecule has 0 bridgehead atoms. The number of rotatable bonds is 3. The zero-order valence-electron chi connectivity index (χ0n) is 10.1. The van der Waals surface area contributed by atoms with Gasteiger partial charge in [0.05, 0.1) is 13.2 Å². The van der Waals surface area contributed by atoms with Crippen LogP contribution in [0, 0.1) is 0 Å². The first-order valence-corrected chi connectivity index (χ1v) is 6.32. The molecule has 4 nitrogen and oxygen atoms in total. The highest BCUT2D eigenvalue weighted by molar-refractivity contribution is 6.29. The number of ether oxygens (including phenoxy) is 1. The Morgan fingerprint density at radius 2 is 2.44 bits per heavy atom. The maximum absolute atomic E-state index is 12.9. The molecule has 0 aliphatic carbocycles. The summed E-state index contributed by atoms with van der Waals surface area (Å²) in [6.45, 7) is 2.97. The van der Waals surface area contributed by atoms with Crippen LogP contribution in [0.5, 0.6) is 0 Å². The third-order valence-electron chi connectivity index (χ3n) is 2.96. The van der Waals surface area contributed by atoms with Gasteiger partial charge in [0, 0.05) is 13.0 Å². The molecule has 2 atom stereocenters. The summed E-state index contributed by atoms with van der Waals surface area (Å²) in [5.74, 6) is 0.697. The molecule has 0 saturated carbocycles. The monoisotopic (exact) mass is 275 g/mol. The molecule has 2 rings (SSSR count). The Balaban J connectivity index is 2.19. The number of furan rings is 1. The van der Waals surface area contributed by atoms with Crippen LogP contribution in [0.4, 0.5) is 4.39 Å². The summed E-state index contributed by atoms with van der Waals surface area (Å²) in [6.07, 6.45) is 0.767. The number of nitrogens with zero attached hydrogens (tertiary/aromatic N) is 1.